The highest BCUT2D eigenvalue weighted by Gasteiger charge is 2.17. The summed E-state index contributed by atoms with van der Waals surface area (Å²) in [5.74, 6) is -0.0724. The molecule has 1 atom stereocenters. The van der Waals surface area contributed by atoms with E-state index in [1.54, 1.807) is 19.1 Å². The zero-order valence-corrected chi connectivity index (χ0v) is 26.0. The Kier molecular flexibility index (Phi) is 14.2. The van der Waals surface area contributed by atoms with Gasteiger partial charge in [-0.05, 0) is 79.4 Å². The summed E-state index contributed by atoms with van der Waals surface area (Å²) < 4.78 is 16.0. The maximum Gasteiger partial charge on any atom is 0.516 e. The second-order valence-electron chi connectivity index (χ2n) is 10.7. The molecule has 0 aliphatic carbocycles. The Bertz CT molecular complexity index is 1270. The van der Waals surface area contributed by atoms with Crippen LogP contribution in [0.5, 0.6) is 5.75 Å². The lowest BCUT2D eigenvalue weighted by Gasteiger charge is -2.12. The van der Waals surface area contributed by atoms with E-state index >= 15 is 0 Å². The van der Waals surface area contributed by atoms with E-state index in [1.165, 1.54) is 50.5 Å². The molecule has 42 heavy (non-hydrogen) atoms. The summed E-state index contributed by atoms with van der Waals surface area (Å²) in [6.07, 6.45) is 11.6. The molecule has 5 nitrogen and oxygen atoms in total. The SMILES string of the molecule is CCCCCCCCCCc1ccccc1C(=S)Oc1ccc(-c2ccc(C(=O)OC(=O)OC(C)CCC)cc2)cc1. The number of esters is 1. The smallest absolute Gasteiger partial charge is 0.445 e. The van der Waals surface area contributed by atoms with Crippen molar-refractivity contribution in [2.24, 2.45) is 0 Å². The summed E-state index contributed by atoms with van der Waals surface area (Å²) in [6.45, 7) is 6.01. The third-order valence-electron chi connectivity index (χ3n) is 7.22. The molecule has 3 aromatic rings. The Morgan fingerprint density at radius 1 is 0.738 bits per heavy atom. The van der Waals surface area contributed by atoms with Crippen LogP contribution in [0.2, 0.25) is 0 Å². The standard InChI is InChI=1S/C36H44O5S/c1-4-6-7-8-9-10-11-12-16-30-17-13-14-18-33(30)35(42)40-32-25-23-29(24-26-32)28-19-21-31(22-20-28)34(37)41-36(38)39-27(3)15-5-2/h13-14,17-27H,4-12,15-16H2,1-3H3. The van der Waals surface area contributed by atoms with Crippen LogP contribution in [0.15, 0.2) is 72.8 Å². The fraction of sp³-hybridized carbons (Fsp3) is 0.417. The number of carbonyl (C=O) groups excluding carboxylic acids is 2. The molecular formula is C36H44O5S. The van der Waals surface area contributed by atoms with Crippen LogP contribution in [0.3, 0.4) is 0 Å². The zero-order chi connectivity index (χ0) is 30.2. The fourth-order valence-electron chi connectivity index (χ4n) is 4.85. The van der Waals surface area contributed by atoms with Gasteiger partial charge in [-0.15, -0.1) is 0 Å². The van der Waals surface area contributed by atoms with Crippen LogP contribution in [0.4, 0.5) is 4.79 Å². The van der Waals surface area contributed by atoms with Crippen LogP contribution in [-0.4, -0.2) is 23.3 Å². The summed E-state index contributed by atoms with van der Waals surface area (Å²) in [7, 11) is 0. The Labute approximate surface area is 256 Å². The highest BCUT2D eigenvalue weighted by molar-refractivity contribution is 7.80. The molecule has 6 heteroatoms. The summed E-state index contributed by atoms with van der Waals surface area (Å²) in [5.41, 5.74) is 4.35. The van der Waals surface area contributed by atoms with Gasteiger partial charge in [0.05, 0.1) is 5.56 Å². The molecular weight excluding hydrogens is 544 g/mol. The minimum absolute atomic E-state index is 0.273. The Hall–Kier alpha value is -3.51. The minimum Gasteiger partial charge on any atom is -0.445 e. The van der Waals surface area contributed by atoms with Gasteiger partial charge in [0.15, 0.2) is 5.05 Å². The van der Waals surface area contributed by atoms with E-state index in [9.17, 15) is 9.59 Å². The van der Waals surface area contributed by atoms with Crippen molar-refractivity contribution in [1.82, 2.24) is 0 Å². The average molecular weight is 589 g/mol. The van der Waals surface area contributed by atoms with Crippen LogP contribution in [0.1, 0.15) is 106 Å². The number of ether oxygens (including phenoxy) is 3. The first kappa shape index (κ1) is 33.0. The lowest BCUT2D eigenvalue weighted by Crippen LogP contribution is -2.19. The van der Waals surface area contributed by atoms with Gasteiger partial charge >= 0.3 is 12.1 Å². The van der Waals surface area contributed by atoms with Gasteiger partial charge in [-0.1, -0.05) is 114 Å². The van der Waals surface area contributed by atoms with E-state index in [-0.39, 0.29) is 11.7 Å². The van der Waals surface area contributed by atoms with Gasteiger partial charge < -0.3 is 14.2 Å². The minimum atomic E-state index is -0.977. The molecule has 0 heterocycles. The molecule has 0 amide bonds. The fourth-order valence-corrected chi connectivity index (χ4v) is 5.15. The predicted octanol–water partition coefficient (Wildman–Crippen LogP) is 10.3. The summed E-state index contributed by atoms with van der Waals surface area (Å²) >= 11 is 5.68. The summed E-state index contributed by atoms with van der Waals surface area (Å²) in [5, 5.41) is 0.475. The first-order valence-corrected chi connectivity index (χ1v) is 15.8. The van der Waals surface area contributed by atoms with Gasteiger partial charge in [0.25, 0.3) is 0 Å². The molecule has 3 rings (SSSR count). The van der Waals surface area contributed by atoms with Crippen molar-refractivity contribution in [3.63, 3.8) is 0 Å². The molecule has 0 aromatic heterocycles. The average Bonchev–Trinajstić information content (AvgIpc) is 2.99. The van der Waals surface area contributed by atoms with Crippen molar-refractivity contribution in [2.45, 2.75) is 97.5 Å². The predicted molar refractivity (Wildman–Crippen MR) is 173 cm³/mol. The van der Waals surface area contributed by atoms with Gasteiger partial charge in [0.1, 0.15) is 11.9 Å². The molecule has 0 fully saturated rings. The van der Waals surface area contributed by atoms with E-state index in [0.29, 0.717) is 17.2 Å². The molecule has 0 aliphatic rings. The third-order valence-corrected chi connectivity index (χ3v) is 7.53. The number of hydrogen-bond donors (Lipinski definition) is 0. The van der Waals surface area contributed by atoms with Gasteiger partial charge in [-0.3, -0.25) is 0 Å². The molecule has 0 N–H and O–H groups in total. The lowest BCUT2D eigenvalue weighted by molar-refractivity contribution is 0.0235. The Morgan fingerprint density at radius 3 is 1.98 bits per heavy atom. The van der Waals surface area contributed by atoms with Crippen molar-refractivity contribution in [3.05, 3.63) is 89.5 Å². The van der Waals surface area contributed by atoms with E-state index in [0.717, 1.165) is 36.0 Å². The van der Waals surface area contributed by atoms with Crippen LogP contribution < -0.4 is 4.74 Å². The lowest BCUT2D eigenvalue weighted by atomic mass is 10.0. The Morgan fingerprint density at radius 2 is 1.33 bits per heavy atom. The molecule has 0 saturated carbocycles. The van der Waals surface area contributed by atoms with Gasteiger partial charge in [-0.2, -0.15) is 0 Å². The molecule has 0 radical (unpaired) electrons. The molecule has 0 bridgehead atoms. The number of benzene rings is 3. The van der Waals surface area contributed by atoms with Crippen LogP contribution in [0, 0.1) is 0 Å². The van der Waals surface area contributed by atoms with Crippen LogP contribution in [0.25, 0.3) is 11.1 Å². The summed E-state index contributed by atoms with van der Waals surface area (Å²) in [6, 6.07) is 22.8. The molecule has 3 aromatic carbocycles. The van der Waals surface area contributed by atoms with Gasteiger partial charge in [0, 0.05) is 5.56 Å². The van der Waals surface area contributed by atoms with E-state index in [2.05, 4.69) is 19.1 Å². The van der Waals surface area contributed by atoms with E-state index in [4.69, 9.17) is 26.4 Å². The maximum absolute atomic E-state index is 12.3. The molecule has 0 saturated heterocycles. The second kappa shape index (κ2) is 18.1. The zero-order valence-electron chi connectivity index (χ0n) is 25.2. The molecule has 0 aliphatic heterocycles. The normalized spacial score (nSPS) is 11.5. The largest absolute Gasteiger partial charge is 0.516 e. The number of rotatable bonds is 16. The number of unbranched alkanes of at least 4 members (excludes halogenated alkanes) is 7. The van der Waals surface area contributed by atoms with E-state index < -0.39 is 12.1 Å². The Balaban J connectivity index is 1.51. The molecule has 224 valence electrons. The number of thiocarbonyl (C=S) groups is 1. The molecule has 0 spiro atoms. The van der Waals surface area contributed by atoms with E-state index in [1.807, 2.05) is 55.5 Å². The van der Waals surface area contributed by atoms with Gasteiger partial charge in [-0.25, -0.2) is 9.59 Å². The highest BCUT2D eigenvalue weighted by Crippen LogP contribution is 2.25. The van der Waals surface area contributed by atoms with Gasteiger partial charge in [0.2, 0.25) is 0 Å². The second-order valence-corrected chi connectivity index (χ2v) is 11.1. The summed E-state index contributed by atoms with van der Waals surface area (Å²) in [4.78, 5) is 24.1. The topological polar surface area (TPSA) is 61.8 Å². The van der Waals surface area contributed by atoms with Crippen LogP contribution >= 0.6 is 12.2 Å². The highest BCUT2D eigenvalue weighted by atomic mass is 32.1. The quantitative estimate of drug-likeness (QED) is 0.0718. The van der Waals surface area contributed by atoms with Crippen molar-refractivity contribution >= 4 is 29.4 Å². The van der Waals surface area contributed by atoms with Crippen LogP contribution in [-0.2, 0) is 15.9 Å². The van der Waals surface area contributed by atoms with Crippen molar-refractivity contribution in [1.29, 1.82) is 0 Å². The first-order valence-electron chi connectivity index (χ1n) is 15.3. The first-order chi connectivity index (χ1) is 20.4. The number of carbonyl (C=O) groups is 2. The maximum atomic E-state index is 12.3. The monoisotopic (exact) mass is 588 g/mol. The van der Waals surface area contributed by atoms with Crippen molar-refractivity contribution < 1.29 is 23.8 Å². The third kappa shape index (κ3) is 11.1. The number of hydrogen-bond acceptors (Lipinski definition) is 6. The van der Waals surface area contributed by atoms with Crippen molar-refractivity contribution in [3.8, 4) is 16.9 Å². The van der Waals surface area contributed by atoms with Crippen molar-refractivity contribution in [2.75, 3.05) is 0 Å². The molecule has 1 unspecified atom stereocenters. The number of aryl methyl sites for hydroxylation is 1.